The lowest BCUT2D eigenvalue weighted by molar-refractivity contribution is -0.169. The van der Waals surface area contributed by atoms with Crippen molar-refractivity contribution in [1.82, 2.24) is 10.6 Å². The van der Waals surface area contributed by atoms with Crippen molar-refractivity contribution in [3.8, 4) is 0 Å². The van der Waals surface area contributed by atoms with Crippen LogP contribution in [0.1, 0.15) is 52.9 Å². The van der Waals surface area contributed by atoms with E-state index in [1.807, 2.05) is 0 Å². The number of carbonyl (C=O) groups excluding carboxylic acids is 7. The molecule has 1 saturated heterocycles. The second-order valence-electron chi connectivity index (χ2n) is 8.22. The van der Waals surface area contributed by atoms with E-state index < -0.39 is 47.4 Å². The Morgan fingerprint density at radius 2 is 1.76 bits per heavy atom. The van der Waals surface area contributed by atoms with Crippen molar-refractivity contribution in [2.75, 3.05) is 25.4 Å². The maximum atomic E-state index is 12.7. The van der Waals surface area contributed by atoms with Crippen molar-refractivity contribution >= 4 is 52.2 Å². The Balaban J connectivity index is 2.96. The van der Waals surface area contributed by atoms with Crippen molar-refractivity contribution in [3.63, 3.8) is 0 Å². The van der Waals surface area contributed by atoms with Crippen molar-refractivity contribution in [2.45, 2.75) is 59.0 Å². The lowest BCUT2D eigenvalue weighted by Crippen LogP contribution is -2.49. The Kier molecular flexibility index (Phi) is 11.7. The zero-order valence-electron chi connectivity index (χ0n) is 19.0. The zero-order chi connectivity index (χ0) is 25.0. The molecule has 0 bridgehead atoms. The van der Waals surface area contributed by atoms with E-state index in [0.717, 1.165) is 11.8 Å². The van der Waals surface area contributed by atoms with E-state index in [4.69, 9.17) is 9.47 Å². The number of carbonyl (C=O) groups is 7. The first-order chi connectivity index (χ1) is 15.4. The number of thioether (sulfide) groups is 1. The highest BCUT2D eigenvalue weighted by Crippen LogP contribution is 2.25. The molecule has 1 atom stereocenters. The van der Waals surface area contributed by atoms with Gasteiger partial charge >= 0.3 is 11.9 Å². The van der Waals surface area contributed by atoms with Gasteiger partial charge in [-0.2, -0.15) is 0 Å². The number of Topliss-reactive ketones (excluding diaryl/α,β-unsaturated/α-hetero) is 2. The molecule has 1 aliphatic heterocycles. The molecule has 1 heterocycles. The molecule has 0 aromatic heterocycles. The lowest BCUT2D eigenvalue weighted by atomic mass is 9.86. The summed E-state index contributed by atoms with van der Waals surface area (Å²) in [4.78, 5) is 83.7. The number of nitrogens with one attached hydrogen (secondary N) is 2. The van der Waals surface area contributed by atoms with Gasteiger partial charge in [-0.1, -0.05) is 25.6 Å². The molecule has 33 heavy (non-hydrogen) atoms. The molecule has 0 spiro atoms. The lowest BCUT2D eigenvalue weighted by Gasteiger charge is -2.32. The number of amides is 2. The summed E-state index contributed by atoms with van der Waals surface area (Å²) in [6.07, 6.45) is -2.75. The SMILES string of the molecule is CC(=O)CC(=O)O[C@H]1C(=O)NCCC(=O)NCCSC(=O)CC(=O)CCC(=O)OCC1(C)C. The zero-order valence-corrected chi connectivity index (χ0v) is 19.8. The fraction of sp³-hybridized carbons (Fsp3) is 0.667. The quantitative estimate of drug-likeness (QED) is 0.413. The third-order valence-corrected chi connectivity index (χ3v) is 5.36. The number of ketones is 2. The molecule has 0 aliphatic carbocycles. The minimum absolute atomic E-state index is 0.0537. The number of cyclic esters (lactones) is 1. The standard InChI is InChI=1S/C21H30N2O9S/c1-13(24)10-17(28)32-19-20(30)23-7-6-15(26)22-8-9-33-18(29)11-14(25)4-5-16(27)31-12-21(19,2)3/h19H,4-12H2,1-3H3,(H,22,26)(H,23,30)/t19-/m0/s1. The summed E-state index contributed by atoms with van der Waals surface area (Å²) in [5, 5.41) is 4.75. The molecule has 184 valence electrons. The van der Waals surface area contributed by atoms with Gasteiger partial charge in [0.15, 0.2) is 11.2 Å². The summed E-state index contributed by atoms with van der Waals surface area (Å²) in [5.41, 5.74) is -1.19. The van der Waals surface area contributed by atoms with Gasteiger partial charge in [-0.05, 0) is 6.92 Å². The van der Waals surface area contributed by atoms with E-state index in [1.165, 1.54) is 20.8 Å². The van der Waals surface area contributed by atoms with Crippen LogP contribution in [0.25, 0.3) is 0 Å². The van der Waals surface area contributed by atoms with Gasteiger partial charge < -0.3 is 20.1 Å². The summed E-state index contributed by atoms with van der Waals surface area (Å²) in [6, 6.07) is 0. The first-order valence-electron chi connectivity index (χ1n) is 10.5. The van der Waals surface area contributed by atoms with Crippen LogP contribution in [0.5, 0.6) is 0 Å². The molecule has 0 aromatic rings. The second-order valence-corrected chi connectivity index (χ2v) is 9.38. The van der Waals surface area contributed by atoms with Gasteiger partial charge in [0.05, 0.1) is 12.8 Å². The highest BCUT2D eigenvalue weighted by Gasteiger charge is 2.40. The Morgan fingerprint density at radius 3 is 2.42 bits per heavy atom. The van der Waals surface area contributed by atoms with Crippen molar-refractivity contribution < 1.29 is 43.0 Å². The number of hydrogen-bond acceptors (Lipinski definition) is 10. The molecular formula is C21H30N2O9S. The Morgan fingerprint density at radius 1 is 1.06 bits per heavy atom. The third-order valence-electron chi connectivity index (χ3n) is 4.48. The largest absolute Gasteiger partial charge is 0.465 e. The Hall–Kier alpha value is -2.76. The summed E-state index contributed by atoms with van der Waals surface area (Å²) >= 11 is 0.907. The molecule has 2 amide bonds. The Bertz CT molecular complexity index is 795. The molecule has 1 aliphatic rings. The normalized spacial score (nSPS) is 22.0. The van der Waals surface area contributed by atoms with Crippen LogP contribution in [0.4, 0.5) is 0 Å². The van der Waals surface area contributed by atoms with Gasteiger partial charge in [0.25, 0.3) is 5.91 Å². The first-order valence-corrected chi connectivity index (χ1v) is 11.5. The molecule has 2 N–H and O–H groups in total. The van der Waals surface area contributed by atoms with Crippen LogP contribution < -0.4 is 10.6 Å². The number of esters is 2. The molecule has 0 aromatic carbocycles. The molecule has 0 saturated carbocycles. The topological polar surface area (TPSA) is 162 Å². The molecular weight excluding hydrogens is 456 g/mol. The average molecular weight is 487 g/mol. The molecule has 12 heteroatoms. The van der Waals surface area contributed by atoms with E-state index in [2.05, 4.69) is 10.6 Å². The fourth-order valence-electron chi connectivity index (χ4n) is 2.74. The van der Waals surface area contributed by atoms with Crippen molar-refractivity contribution in [3.05, 3.63) is 0 Å². The van der Waals surface area contributed by atoms with E-state index in [9.17, 15) is 33.6 Å². The summed E-state index contributed by atoms with van der Waals surface area (Å²) in [7, 11) is 0. The average Bonchev–Trinajstić information content (AvgIpc) is 2.71. The van der Waals surface area contributed by atoms with Crippen LogP contribution in [0.15, 0.2) is 0 Å². The fourth-order valence-corrected chi connectivity index (χ4v) is 3.43. The summed E-state index contributed by atoms with van der Waals surface area (Å²) in [6.45, 7) is 4.08. The second kappa shape index (κ2) is 13.7. The minimum atomic E-state index is -1.40. The van der Waals surface area contributed by atoms with Crippen molar-refractivity contribution in [1.29, 1.82) is 0 Å². The highest BCUT2D eigenvalue weighted by molar-refractivity contribution is 8.13. The molecule has 0 unspecified atom stereocenters. The maximum Gasteiger partial charge on any atom is 0.314 e. The predicted octanol–water partition coefficient (Wildman–Crippen LogP) is 0.0820. The van der Waals surface area contributed by atoms with Gasteiger partial charge in [0.2, 0.25) is 5.91 Å². The minimum Gasteiger partial charge on any atom is -0.465 e. The first kappa shape index (κ1) is 28.3. The highest BCUT2D eigenvalue weighted by atomic mass is 32.2. The van der Waals surface area contributed by atoms with Crippen LogP contribution >= 0.6 is 11.8 Å². The third kappa shape index (κ3) is 11.6. The van der Waals surface area contributed by atoms with Crippen LogP contribution in [-0.4, -0.2) is 72.0 Å². The van der Waals surface area contributed by atoms with Crippen LogP contribution in [-0.2, 0) is 43.0 Å². The predicted molar refractivity (Wildman–Crippen MR) is 117 cm³/mol. The van der Waals surface area contributed by atoms with Crippen LogP contribution in [0, 0.1) is 5.41 Å². The van der Waals surface area contributed by atoms with Crippen molar-refractivity contribution in [2.24, 2.45) is 5.41 Å². The van der Waals surface area contributed by atoms with Gasteiger partial charge in [0.1, 0.15) is 24.6 Å². The molecule has 1 fully saturated rings. The monoisotopic (exact) mass is 486 g/mol. The maximum absolute atomic E-state index is 12.7. The van der Waals surface area contributed by atoms with Gasteiger partial charge in [-0.25, -0.2) is 0 Å². The molecule has 11 nitrogen and oxygen atoms in total. The summed E-state index contributed by atoms with van der Waals surface area (Å²) < 4.78 is 10.4. The van der Waals surface area contributed by atoms with E-state index in [1.54, 1.807) is 0 Å². The van der Waals surface area contributed by atoms with E-state index in [-0.39, 0.29) is 62.2 Å². The van der Waals surface area contributed by atoms with Gasteiger partial charge in [0, 0.05) is 37.1 Å². The molecule has 0 radical (unpaired) electrons. The van der Waals surface area contributed by atoms with Gasteiger partial charge in [-0.15, -0.1) is 0 Å². The number of hydrogen-bond donors (Lipinski definition) is 2. The molecule has 1 rings (SSSR count). The number of ether oxygens (including phenoxy) is 2. The van der Waals surface area contributed by atoms with E-state index >= 15 is 0 Å². The number of rotatable bonds is 3. The van der Waals surface area contributed by atoms with Crippen LogP contribution in [0.2, 0.25) is 0 Å². The van der Waals surface area contributed by atoms with E-state index in [0.29, 0.717) is 0 Å². The van der Waals surface area contributed by atoms with Crippen LogP contribution in [0.3, 0.4) is 0 Å². The summed E-state index contributed by atoms with van der Waals surface area (Å²) in [5.74, 6) is -3.29. The van der Waals surface area contributed by atoms with Gasteiger partial charge in [-0.3, -0.25) is 33.6 Å². The Labute approximate surface area is 196 Å². The smallest absolute Gasteiger partial charge is 0.314 e.